The van der Waals surface area contributed by atoms with Crippen molar-refractivity contribution in [1.82, 2.24) is 10.2 Å². The summed E-state index contributed by atoms with van der Waals surface area (Å²) in [5.74, 6) is -2.64. The van der Waals surface area contributed by atoms with Gasteiger partial charge in [-0.15, -0.1) is 0 Å². The number of alkyl halides is 1. The number of carboxylic acid groups (broad SMARTS) is 1. The van der Waals surface area contributed by atoms with E-state index in [0.29, 0.717) is 0 Å². The molecule has 1 fully saturated rings. The SMILES string of the molecule is O=C(NC(Cc1ccccc1)C(=O)N1CCC(F)(C(=O)O)C1)c1ccco1. The average Bonchev–Trinajstić information content (AvgIpc) is 3.32. The normalized spacial score (nSPS) is 20.3. The van der Waals surface area contributed by atoms with Crippen LogP contribution in [-0.4, -0.2) is 52.6 Å². The predicted molar refractivity (Wildman–Crippen MR) is 92.8 cm³/mol. The van der Waals surface area contributed by atoms with Gasteiger partial charge in [0.05, 0.1) is 12.8 Å². The predicted octanol–water partition coefficient (Wildman–Crippen LogP) is 1.65. The fraction of sp³-hybridized carbons (Fsp3) is 0.316. The molecule has 2 atom stereocenters. The summed E-state index contributed by atoms with van der Waals surface area (Å²) < 4.78 is 19.4. The fourth-order valence-corrected chi connectivity index (χ4v) is 3.04. The van der Waals surface area contributed by atoms with Gasteiger partial charge >= 0.3 is 5.97 Å². The molecule has 3 rings (SSSR count). The number of rotatable bonds is 6. The molecule has 27 heavy (non-hydrogen) atoms. The Kier molecular flexibility index (Phi) is 5.25. The quantitative estimate of drug-likeness (QED) is 0.801. The number of nitrogens with zero attached hydrogens (tertiary/aromatic N) is 1. The summed E-state index contributed by atoms with van der Waals surface area (Å²) in [6.45, 7) is -0.563. The molecule has 0 aliphatic carbocycles. The highest BCUT2D eigenvalue weighted by molar-refractivity contribution is 5.96. The highest BCUT2D eigenvalue weighted by atomic mass is 19.1. The lowest BCUT2D eigenvalue weighted by Gasteiger charge is -2.24. The molecule has 7 nitrogen and oxygen atoms in total. The topological polar surface area (TPSA) is 99.9 Å². The summed E-state index contributed by atoms with van der Waals surface area (Å²) in [5, 5.41) is 11.6. The lowest BCUT2D eigenvalue weighted by Crippen LogP contribution is -2.50. The maximum absolute atomic E-state index is 14.3. The molecular weight excluding hydrogens is 355 g/mol. The van der Waals surface area contributed by atoms with Crippen LogP contribution < -0.4 is 5.32 Å². The summed E-state index contributed by atoms with van der Waals surface area (Å²) in [6.07, 6.45) is 1.25. The van der Waals surface area contributed by atoms with Gasteiger partial charge in [0.15, 0.2) is 5.76 Å². The van der Waals surface area contributed by atoms with Crippen molar-refractivity contribution in [3.8, 4) is 0 Å². The summed E-state index contributed by atoms with van der Waals surface area (Å²) in [7, 11) is 0. The largest absolute Gasteiger partial charge is 0.479 e. The summed E-state index contributed by atoms with van der Waals surface area (Å²) in [6, 6.07) is 11.1. The Morgan fingerprint density at radius 3 is 2.56 bits per heavy atom. The average molecular weight is 374 g/mol. The van der Waals surface area contributed by atoms with Crippen molar-refractivity contribution in [2.75, 3.05) is 13.1 Å². The highest BCUT2D eigenvalue weighted by Crippen LogP contribution is 2.26. The van der Waals surface area contributed by atoms with E-state index >= 15 is 0 Å². The van der Waals surface area contributed by atoms with Crippen molar-refractivity contribution < 1.29 is 28.3 Å². The van der Waals surface area contributed by atoms with Crippen molar-refractivity contribution in [2.45, 2.75) is 24.6 Å². The molecule has 2 N–H and O–H groups in total. The minimum absolute atomic E-state index is 0.0243. The molecule has 1 aliphatic rings. The van der Waals surface area contributed by atoms with Crippen LogP contribution >= 0.6 is 0 Å². The van der Waals surface area contributed by atoms with Crippen LogP contribution in [0.3, 0.4) is 0 Å². The first-order valence-electron chi connectivity index (χ1n) is 8.48. The van der Waals surface area contributed by atoms with E-state index in [2.05, 4.69) is 5.32 Å². The lowest BCUT2D eigenvalue weighted by atomic mass is 10.0. The van der Waals surface area contributed by atoms with Crippen LogP contribution in [0.2, 0.25) is 0 Å². The van der Waals surface area contributed by atoms with Crippen molar-refractivity contribution >= 4 is 17.8 Å². The molecule has 0 spiro atoms. The summed E-state index contributed by atoms with van der Waals surface area (Å²) in [5.41, 5.74) is -1.66. The van der Waals surface area contributed by atoms with Gasteiger partial charge in [-0.25, -0.2) is 9.18 Å². The molecule has 2 unspecified atom stereocenters. The molecule has 2 heterocycles. The number of carbonyl (C=O) groups excluding carboxylic acids is 2. The molecular formula is C19H19FN2O5. The number of likely N-dealkylation sites (tertiary alicyclic amines) is 1. The monoisotopic (exact) mass is 374 g/mol. The smallest absolute Gasteiger partial charge is 0.343 e. The number of nitrogens with one attached hydrogen (secondary N) is 1. The van der Waals surface area contributed by atoms with Crippen LogP contribution in [0, 0.1) is 0 Å². The van der Waals surface area contributed by atoms with Crippen LogP contribution in [0.15, 0.2) is 53.1 Å². The third-order valence-electron chi connectivity index (χ3n) is 4.55. The number of carboxylic acids is 1. The maximum atomic E-state index is 14.3. The van der Waals surface area contributed by atoms with Crippen LogP contribution in [0.1, 0.15) is 22.5 Å². The van der Waals surface area contributed by atoms with Gasteiger partial charge in [-0.2, -0.15) is 0 Å². The zero-order valence-corrected chi connectivity index (χ0v) is 14.4. The lowest BCUT2D eigenvalue weighted by molar-refractivity contribution is -0.150. The van der Waals surface area contributed by atoms with E-state index in [1.54, 1.807) is 30.3 Å². The van der Waals surface area contributed by atoms with E-state index in [1.807, 2.05) is 6.07 Å². The van der Waals surface area contributed by atoms with Gasteiger partial charge in [0.2, 0.25) is 11.6 Å². The molecule has 1 aromatic heterocycles. The molecule has 0 bridgehead atoms. The first-order valence-corrected chi connectivity index (χ1v) is 8.48. The van der Waals surface area contributed by atoms with E-state index in [1.165, 1.54) is 12.3 Å². The first kappa shape index (κ1) is 18.6. The minimum Gasteiger partial charge on any atom is -0.479 e. The minimum atomic E-state index is -2.46. The van der Waals surface area contributed by atoms with Crippen molar-refractivity contribution in [2.24, 2.45) is 0 Å². The van der Waals surface area contributed by atoms with Crippen LogP contribution in [0.25, 0.3) is 0 Å². The second-order valence-corrected chi connectivity index (χ2v) is 6.47. The number of halogens is 1. The Labute approximate surface area is 154 Å². The van der Waals surface area contributed by atoms with Gasteiger partial charge in [-0.1, -0.05) is 30.3 Å². The van der Waals surface area contributed by atoms with Crippen LogP contribution in [-0.2, 0) is 16.0 Å². The molecule has 1 saturated heterocycles. The van der Waals surface area contributed by atoms with E-state index in [4.69, 9.17) is 9.52 Å². The zero-order valence-electron chi connectivity index (χ0n) is 14.4. The van der Waals surface area contributed by atoms with E-state index in [0.717, 1.165) is 10.5 Å². The highest BCUT2D eigenvalue weighted by Gasteiger charge is 2.47. The van der Waals surface area contributed by atoms with Gasteiger partial charge in [0.25, 0.3) is 5.91 Å². The Hall–Kier alpha value is -3.16. The summed E-state index contributed by atoms with van der Waals surface area (Å²) >= 11 is 0. The summed E-state index contributed by atoms with van der Waals surface area (Å²) in [4.78, 5) is 37.4. The molecule has 2 aromatic rings. The Bertz CT molecular complexity index is 824. The molecule has 1 aliphatic heterocycles. The molecule has 0 radical (unpaired) electrons. The second-order valence-electron chi connectivity index (χ2n) is 6.47. The van der Waals surface area contributed by atoms with Gasteiger partial charge in [-0.3, -0.25) is 9.59 Å². The number of hydrogen-bond donors (Lipinski definition) is 2. The number of benzene rings is 1. The van der Waals surface area contributed by atoms with E-state index in [-0.39, 0.29) is 25.1 Å². The van der Waals surface area contributed by atoms with Gasteiger partial charge in [0.1, 0.15) is 6.04 Å². The number of hydrogen-bond acceptors (Lipinski definition) is 4. The third kappa shape index (κ3) is 4.16. The van der Waals surface area contributed by atoms with Gasteiger partial charge in [-0.05, 0) is 17.7 Å². The van der Waals surface area contributed by atoms with Gasteiger partial charge in [0, 0.05) is 19.4 Å². The Balaban J connectivity index is 1.77. The van der Waals surface area contributed by atoms with Crippen molar-refractivity contribution in [1.29, 1.82) is 0 Å². The number of furan rings is 1. The number of amides is 2. The number of carbonyl (C=O) groups is 3. The van der Waals surface area contributed by atoms with Crippen LogP contribution in [0.5, 0.6) is 0 Å². The standard InChI is InChI=1S/C19H19FN2O5/c20-19(18(25)26)8-9-22(12-19)17(24)14(11-13-5-2-1-3-6-13)21-16(23)15-7-4-10-27-15/h1-7,10,14H,8-9,11-12H2,(H,21,23)(H,25,26). The molecule has 2 amide bonds. The third-order valence-corrected chi connectivity index (χ3v) is 4.55. The van der Waals surface area contributed by atoms with Crippen LogP contribution in [0.4, 0.5) is 4.39 Å². The first-order chi connectivity index (χ1) is 12.9. The molecule has 1 aromatic carbocycles. The molecule has 8 heteroatoms. The second kappa shape index (κ2) is 7.61. The van der Waals surface area contributed by atoms with Crippen molar-refractivity contribution in [3.05, 3.63) is 60.1 Å². The molecule has 0 saturated carbocycles. The molecule has 142 valence electrons. The van der Waals surface area contributed by atoms with E-state index in [9.17, 15) is 18.8 Å². The zero-order chi connectivity index (χ0) is 19.4. The van der Waals surface area contributed by atoms with Crippen molar-refractivity contribution in [3.63, 3.8) is 0 Å². The Morgan fingerprint density at radius 2 is 1.96 bits per heavy atom. The fourth-order valence-electron chi connectivity index (χ4n) is 3.04. The van der Waals surface area contributed by atoms with E-state index < -0.39 is 36.0 Å². The maximum Gasteiger partial charge on any atom is 0.343 e. The Morgan fingerprint density at radius 1 is 1.22 bits per heavy atom. The van der Waals surface area contributed by atoms with Gasteiger partial charge < -0.3 is 19.7 Å². The number of aliphatic carboxylic acids is 1.